The molecule has 3 aromatic rings. The third-order valence-electron chi connectivity index (χ3n) is 6.01. The van der Waals surface area contributed by atoms with E-state index in [0.29, 0.717) is 34.4 Å². The Hall–Kier alpha value is -3.02. The topological polar surface area (TPSA) is 84.9 Å². The van der Waals surface area contributed by atoms with Crippen molar-refractivity contribution in [2.75, 3.05) is 18.5 Å². The highest BCUT2D eigenvalue weighted by atomic mass is 127. The number of imide groups is 1. The number of hydrogen-bond acceptors (Lipinski definition) is 6. The number of amides is 3. The monoisotopic (exact) mass is 676 g/mol. The van der Waals surface area contributed by atoms with Crippen LogP contribution in [0.1, 0.15) is 29.2 Å². The van der Waals surface area contributed by atoms with Crippen LogP contribution in [0.5, 0.6) is 11.5 Å². The van der Waals surface area contributed by atoms with Crippen LogP contribution >= 0.6 is 46.0 Å². The van der Waals surface area contributed by atoms with E-state index < -0.39 is 17.1 Å². The highest BCUT2D eigenvalue weighted by Gasteiger charge is 2.36. The van der Waals surface area contributed by atoms with Gasteiger partial charge < -0.3 is 14.8 Å². The molecule has 7 nitrogen and oxygen atoms in total. The minimum absolute atomic E-state index is 0.225. The molecule has 1 N–H and O–H groups in total. The van der Waals surface area contributed by atoms with Crippen molar-refractivity contribution in [1.29, 1.82) is 0 Å². The van der Waals surface area contributed by atoms with Gasteiger partial charge in [-0.25, -0.2) is 0 Å². The number of nitrogens with one attached hydrogen (secondary N) is 1. The number of hydrogen-bond donors (Lipinski definition) is 1. The van der Waals surface area contributed by atoms with E-state index in [1.807, 2.05) is 57.2 Å². The lowest BCUT2D eigenvalue weighted by molar-refractivity contribution is -0.127. The third kappa shape index (κ3) is 6.95. The Morgan fingerprint density at radius 3 is 2.62 bits per heavy atom. The molecule has 202 valence electrons. The van der Waals surface area contributed by atoms with E-state index in [4.69, 9.17) is 21.1 Å². The van der Waals surface area contributed by atoms with Gasteiger partial charge in [0.2, 0.25) is 5.91 Å². The maximum atomic E-state index is 13.0. The minimum atomic E-state index is -0.520. The van der Waals surface area contributed by atoms with Crippen LogP contribution < -0.4 is 14.8 Å². The van der Waals surface area contributed by atoms with Crippen LogP contribution in [0.2, 0.25) is 5.02 Å². The Balaban J connectivity index is 1.50. The van der Waals surface area contributed by atoms with Crippen molar-refractivity contribution in [2.24, 2.45) is 0 Å². The molecule has 0 bridgehead atoms. The second kappa shape index (κ2) is 12.9. The maximum Gasteiger partial charge on any atom is 0.294 e. The molecule has 3 amide bonds. The normalized spacial score (nSPS) is 14.2. The zero-order valence-electron chi connectivity index (χ0n) is 21.5. The Labute approximate surface area is 250 Å². The van der Waals surface area contributed by atoms with E-state index in [9.17, 15) is 14.4 Å². The van der Waals surface area contributed by atoms with E-state index in [1.165, 1.54) is 0 Å². The van der Waals surface area contributed by atoms with Crippen molar-refractivity contribution >= 4 is 74.8 Å². The molecular weight excluding hydrogens is 651 g/mol. The maximum absolute atomic E-state index is 13.0. The SMILES string of the molecule is CCOc1cc(/C=C2/SC(=O)N(CC(=O)Nc3cccc(C)c3C)C2=O)cc(I)c1OCc1ccccc1Cl. The average Bonchev–Trinajstić information content (AvgIpc) is 3.14. The number of nitrogens with zero attached hydrogens (tertiary/aromatic N) is 1. The molecule has 0 atom stereocenters. The van der Waals surface area contributed by atoms with Crippen LogP contribution in [0.3, 0.4) is 0 Å². The third-order valence-corrected chi connectivity index (χ3v) is 8.09. The standard InChI is InChI=1S/C29H26ClIN2O5S/c1-4-37-24-13-19(12-22(31)27(24)38-16-20-9-5-6-10-21(20)30)14-25-28(35)33(29(36)39-25)15-26(34)32-23-11-7-8-17(2)18(23)3/h5-14H,4,15-16H2,1-3H3,(H,32,34)/b25-14+. The fraction of sp³-hybridized carbons (Fsp3) is 0.207. The second-order valence-corrected chi connectivity index (χ2v) is 11.3. The fourth-order valence-electron chi connectivity index (χ4n) is 3.85. The van der Waals surface area contributed by atoms with Gasteiger partial charge in [0.05, 0.1) is 15.1 Å². The van der Waals surface area contributed by atoms with Gasteiger partial charge in [-0.1, -0.05) is 41.9 Å². The van der Waals surface area contributed by atoms with Crippen LogP contribution in [-0.2, 0) is 16.2 Å². The molecule has 0 aromatic heterocycles. The van der Waals surface area contributed by atoms with Gasteiger partial charge in [-0.05, 0) is 102 Å². The quantitative estimate of drug-likeness (QED) is 0.191. The Morgan fingerprint density at radius 1 is 1.10 bits per heavy atom. The number of halogens is 2. The van der Waals surface area contributed by atoms with Gasteiger partial charge in [0, 0.05) is 16.3 Å². The van der Waals surface area contributed by atoms with Crippen molar-refractivity contribution < 1.29 is 23.9 Å². The zero-order valence-corrected chi connectivity index (χ0v) is 25.3. The summed E-state index contributed by atoms with van der Waals surface area (Å²) >= 11 is 9.21. The van der Waals surface area contributed by atoms with Crippen LogP contribution in [0.25, 0.3) is 6.08 Å². The largest absolute Gasteiger partial charge is 0.490 e. The lowest BCUT2D eigenvalue weighted by atomic mass is 10.1. The Bertz CT molecular complexity index is 1480. The molecular formula is C29H26ClIN2O5S. The summed E-state index contributed by atoms with van der Waals surface area (Å²) in [5.41, 5.74) is 4.12. The molecule has 1 aliphatic rings. The zero-order chi connectivity index (χ0) is 28.1. The van der Waals surface area contributed by atoms with E-state index in [2.05, 4.69) is 27.9 Å². The molecule has 1 aliphatic heterocycles. The molecule has 1 saturated heterocycles. The molecule has 0 saturated carbocycles. The lowest BCUT2D eigenvalue weighted by Gasteiger charge is -2.15. The smallest absolute Gasteiger partial charge is 0.294 e. The number of aryl methyl sites for hydroxylation is 1. The summed E-state index contributed by atoms with van der Waals surface area (Å²) in [6.07, 6.45) is 1.62. The van der Waals surface area contributed by atoms with Gasteiger partial charge in [0.15, 0.2) is 11.5 Å². The minimum Gasteiger partial charge on any atom is -0.490 e. The summed E-state index contributed by atoms with van der Waals surface area (Å²) in [5.74, 6) is 0.106. The molecule has 0 unspecified atom stereocenters. The van der Waals surface area contributed by atoms with Crippen molar-refractivity contribution in [3.05, 3.63) is 90.3 Å². The molecule has 4 rings (SSSR count). The molecule has 0 radical (unpaired) electrons. The Kier molecular flexibility index (Phi) is 9.58. The first-order valence-corrected chi connectivity index (χ1v) is 14.4. The number of rotatable bonds is 9. The number of carbonyl (C=O) groups is 3. The van der Waals surface area contributed by atoms with Crippen LogP contribution in [0.4, 0.5) is 10.5 Å². The van der Waals surface area contributed by atoms with Crippen molar-refractivity contribution in [3.8, 4) is 11.5 Å². The molecule has 0 aliphatic carbocycles. The van der Waals surface area contributed by atoms with Gasteiger partial charge in [-0.15, -0.1) is 0 Å². The second-order valence-electron chi connectivity index (χ2n) is 8.71. The first-order valence-electron chi connectivity index (χ1n) is 12.1. The number of carbonyl (C=O) groups excluding carboxylic acids is 3. The highest BCUT2D eigenvalue weighted by molar-refractivity contribution is 14.1. The summed E-state index contributed by atoms with van der Waals surface area (Å²) in [7, 11) is 0. The Morgan fingerprint density at radius 2 is 1.87 bits per heavy atom. The van der Waals surface area contributed by atoms with Crippen molar-refractivity contribution in [1.82, 2.24) is 4.90 Å². The predicted octanol–water partition coefficient (Wildman–Crippen LogP) is 7.21. The number of ether oxygens (including phenoxy) is 2. The average molecular weight is 677 g/mol. The molecule has 1 heterocycles. The van der Waals surface area contributed by atoms with Crippen molar-refractivity contribution in [2.45, 2.75) is 27.4 Å². The van der Waals surface area contributed by atoms with E-state index in [1.54, 1.807) is 24.3 Å². The van der Waals surface area contributed by atoms with Gasteiger partial charge >= 0.3 is 0 Å². The van der Waals surface area contributed by atoms with Crippen LogP contribution in [0, 0.1) is 17.4 Å². The molecule has 10 heteroatoms. The number of benzene rings is 3. The summed E-state index contributed by atoms with van der Waals surface area (Å²) < 4.78 is 12.7. The predicted molar refractivity (Wildman–Crippen MR) is 163 cm³/mol. The highest BCUT2D eigenvalue weighted by Crippen LogP contribution is 2.38. The molecule has 39 heavy (non-hydrogen) atoms. The molecule has 1 fully saturated rings. The summed E-state index contributed by atoms with van der Waals surface area (Å²) in [4.78, 5) is 39.5. The van der Waals surface area contributed by atoms with Gasteiger partial charge in [-0.2, -0.15) is 0 Å². The first-order chi connectivity index (χ1) is 18.7. The molecule has 0 spiro atoms. The lowest BCUT2D eigenvalue weighted by Crippen LogP contribution is -2.36. The van der Waals surface area contributed by atoms with E-state index >= 15 is 0 Å². The van der Waals surface area contributed by atoms with E-state index in [0.717, 1.165) is 36.9 Å². The van der Waals surface area contributed by atoms with Gasteiger partial charge in [0.25, 0.3) is 11.1 Å². The summed E-state index contributed by atoms with van der Waals surface area (Å²) in [5, 5.41) is 2.91. The number of thioether (sulfide) groups is 1. The number of anilines is 1. The summed E-state index contributed by atoms with van der Waals surface area (Å²) in [6.45, 7) is 6.02. The van der Waals surface area contributed by atoms with Gasteiger partial charge in [0.1, 0.15) is 13.2 Å². The summed E-state index contributed by atoms with van der Waals surface area (Å²) in [6, 6.07) is 16.6. The van der Waals surface area contributed by atoms with Crippen molar-refractivity contribution in [3.63, 3.8) is 0 Å². The van der Waals surface area contributed by atoms with E-state index in [-0.39, 0.29) is 18.1 Å². The molecule has 3 aromatic carbocycles. The van der Waals surface area contributed by atoms with Gasteiger partial charge in [-0.3, -0.25) is 19.3 Å². The van der Waals surface area contributed by atoms with Crippen LogP contribution in [0.15, 0.2) is 59.5 Å². The first kappa shape index (κ1) is 29.0. The van der Waals surface area contributed by atoms with Crippen LogP contribution in [-0.4, -0.2) is 35.1 Å². The fourth-order valence-corrected chi connectivity index (χ4v) is 5.66.